The molecule has 0 saturated carbocycles. The highest BCUT2D eigenvalue weighted by Crippen LogP contribution is 1.94. The molecule has 0 amide bonds. The molecule has 0 fully saturated rings. The molecule has 6 heteroatoms. The van der Waals surface area contributed by atoms with Gasteiger partial charge in [-0.25, -0.2) is 0 Å². The van der Waals surface area contributed by atoms with E-state index < -0.39 is 21.4 Å². The van der Waals surface area contributed by atoms with Gasteiger partial charge in [0.2, 0.25) is 0 Å². The second kappa shape index (κ2) is 2.63. The first kappa shape index (κ1) is 8.16. The first-order chi connectivity index (χ1) is 3.48. The molecule has 50 valence electrons. The molecule has 4 nitrogen and oxygen atoms in total. The van der Waals surface area contributed by atoms with E-state index in [0.29, 0.717) is 0 Å². The van der Waals surface area contributed by atoms with Crippen molar-refractivity contribution in [2.75, 3.05) is 5.88 Å². The smallest absolute Gasteiger partial charge is 0.293 e. The molecule has 1 unspecified atom stereocenters. The summed E-state index contributed by atoms with van der Waals surface area (Å²) in [7, 11) is -4.33. The third-order valence-electron chi connectivity index (χ3n) is 0.476. The number of hydrogen-bond donors (Lipinski definition) is 2. The molecule has 0 aromatic heterocycles. The zero-order valence-electron chi connectivity index (χ0n) is 3.78. The molecule has 0 heterocycles. The van der Waals surface area contributed by atoms with Crippen molar-refractivity contribution in [3.8, 4) is 0 Å². The Morgan fingerprint density at radius 3 is 2.00 bits per heavy atom. The Morgan fingerprint density at radius 2 is 2.00 bits per heavy atom. The predicted molar refractivity (Wildman–Crippen MR) is 28.3 cm³/mol. The summed E-state index contributed by atoms with van der Waals surface area (Å²) in [4.78, 5) is 0. The minimum Gasteiger partial charge on any atom is -0.374 e. The summed E-state index contributed by atoms with van der Waals surface area (Å²) < 4.78 is 27.5. The second-order valence-corrected chi connectivity index (χ2v) is 3.01. The lowest BCUT2D eigenvalue weighted by molar-refractivity contribution is 0.254. The van der Waals surface area contributed by atoms with Crippen LogP contribution in [0.25, 0.3) is 0 Å². The van der Waals surface area contributed by atoms with E-state index in [2.05, 4.69) is 0 Å². The molecular weight excluding hydrogens is 156 g/mol. The molecular formula is C2H5ClO4S. The predicted octanol–water partition coefficient (Wildman–Crippen LogP) is -0.569. The van der Waals surface area contributed by atoms with Crippen LogP contribution in [-0.2, 0) is 10.1 Å². The van der Waals surface area contributed by atoms with Crippen LogP contribution in [0.15, 0.2) is 0 Å². The molecule has 0 rings (SSSR count). The van der Waals surface area contributed by atoms with E-state index >= 15 is 0 Å². The summed E-state index contributed by atoms with van der Waals surface area (Å²) in [5.41, 5.74) is -1.86. The van der Waals surface area contributed by atoms with E-state index in [1.54, 1.807) is 0 Å². The van der Waals surface area contributed by atoms with E-state index in [-0.39, 0.29) is 0 Å². The van der Waals surface area contributed by atoms with Crippen molar-refractivity contribution in [1.29, 1.82) is 0 Å². The molecule has 0 radical (unpaired) electrons. The molecule has 1 atom stereocenters. The van der Waals surface area contributed by atoms with E-state index in [9.17, 15) is 8.42 Å². The summed E-state index contributed by atoms with van der Waals surface area (Å²) in [6.07, 6.45) is 0. The van der Waals surface area contributed by atoms with Crippen LogP contribution in [0.2, 0.25) is 0 Å². The molecule has 0 saturated heterocycles. The van der Waals surface area contributed by atoms with Crippen molar-refractivity contribution in [3.05, 3.63) is 0 Å². The molecule has 2 N–H and O–H groups in total. The zero-order valence-corrected chi connectivity index (χ0v) is 5.35. The van der Waals surface area contributed by atoms with Gasteiger partial charge in [0, 0.05) is 0 Å². The van der Waals surface area contributed by atoms with Crippen LogP contribution in [0.3, 0.4) is 0 Å². The van der Waals surface area contributed by atoms with Crippen LogP contribution in [0.1, 0.15) is 0 Å². The van der Waals surface area contributed by atoms with Gasteiger partial charge in [-0.2, -0.15) is 8.42 Å². The van der Waals surface area contributed by atoms with E-state index in [4.69, 9.17) is 21.3 Å². The Bertz CT molecular complexity index is 149. The first-order valence-corrected chi connectivity index (χ1v) is 3.72. The topological polar surface area (TPSA) is 74.6 Å². The summed E-state index contributed by atoms with van der Waals surface area (Å²) in [6, 6.07) is 0. The van der Waals surface area contributed by atoms with Gasteiger partial charge in [0.15, 0.2) is 5.44 Å². The van der Waals surface area contributed by atoms with Gasteiger partial charge in [-0.05, 0) is 0 Å². The molecule has 8 heavy (non-hydrogen) atoms. The van der Waals surface area contributed by atoms with Gasteiger partial charge in [0.05, 0.1) is 5.88 Å². The Labute approximate surface area is 51.8 Å². The normalized spacial score (nSPS) is 15.9. The summed E-state index contributed by atoms with van der Waals surface area (Å²) >= 11 is 4.85. The third kappa shape index (κ3) is 2.46. The highest BCUT2D eigenvalue weighted by Gasteiger charge is 2.16. The van der Waals surface area contributed by atoms with Crippen LogP contribution < -0.4 is 0 Å². The van der Waals surface area contributed by atoms with Gasteiger partial charge in [0.1, 0.15) is 0 Å². The molecule has 0 aliphatic heterocycles. The maximum absolute atomic E-state index is 9.78. The van der Waals surface area contributed by atoms with Crippen molar-refractivity contribution in [1.82, 2.24) is 0 Å². The summed E-state index contributed by atoms with van der Waals surface area (Å²) in [5.74, 6) is -0.515. The van der Waals surface area contributed by atoms with Crippen molar-refractivity contribution in [2.24, 2.45) is 0 Å². The van der Waals surface area contributed by atoms with Crippen molar-refractivity contribution < 1.29 is 18.1 Å². The molecule has 0 bridgehead atoms. The largest absolute Gasteiger partial charge is 0.374 e. The number of alkyl halides is 1. The fraction of sp³-hybridized carbons (Fsp3) is 1.00. The van der Waals surface area contributed by atoms with Gasteiger partial charge in [0.25, 0.3) is 10.1 Å². The van der Waals surface area contributed by atoms with Crippen LogP contribution in [0, 0.1) is 0 Å². The zero-order chi connectivity index (χ0) is 6.78. The molecule has 0 spiro atoms. The minimum absolute atomic E-state index is 0.515. The third-order valence-corrected chi connectivity index (χ3v) is 1.81. The molecule has 0 aliphatic carbocycles. The quantitative estimate of drug-likeness (QED) is 0.419. The van der Waals surface area contributed by atoms with Crippen molar-refractivity contribution >= 4 is 21.7 Å². The number of rotatable bonds is 2. The van der Waals surface area contributed by atoms with Gasteiger partial charge in [-0.1, -0.05) is 0 Å². The highest BCUT2D eigenvalue weighted by molar-refractivity contribution is 7.86. The van der Waals surface area contributed by atoms with E-state index in [1.807, 2.05) is 0 Å². The first-order valence-electron chi connectivity index (χ1n) is 1.69. The van der Waals surface area contributed by atoms with Gasteiger partial charge in [-0.3, -0.25) is 4.55 Å². The second-order valence-electron chi connectivity index (χ2n) is 1.12. The Balaban J connectivity index is 4.04. The lowest BCUT2D eigenvalue weighted by atomic mass is 10.9. The molecule has 0 aromatic rings. The average molecular weight is 161 g/mol. The fourth-order valence-corrected chi connectivity index (χ4v) is 0.716. The molecule has 0 aromatic carbocycles. The summed E-state index contributed by atoms with van der Waals surface area (Å²) in [5, 5.41) is 8.22. The van der Waals surface area contributed by atoms with Crippen LogP contribution in [0.5, 0.6) is 0 Å². The SMILES string of the molecule is O=S(=O)(O)C(O)CCl. The lowest BCUT2D eigenvalue weighted by Crippen LogP contribution is -2.20. The Hall–Kier alpha value is 0.160. The van der Waals surface area contributed by atoms with Gasteiger partial charge in [-0.15, -0.1) is 11.6 Å². The Kier molecular flexibility index (Phi) is 2.68. The van der Waals surface area contributed by atoms with E-state index in [0.717, 1.165) is 0 Å². The average Bonchev–Trinajstić information content (AvgIpc) is 1.62. The van der Waals surface area contributed by atoms with Gasteiger partial charge < -0.3 is 5.11 Å². The van der Waals surface area contributed by atoms with Crippen molar-refractivity contribution in [3.63, 3.8) is 0 Å². The van der Waals surface area contributed by atoms with Crippen LogP contribution >= 0.6 is 11.6 Å². The Morgan fingerprint density at radius 1 is 1.62 bits per heavy atom. The number of hydrogen-bond acceptors (Lipinski definition) is 3. The van der Waals surface area contributed by atoms with Gasteiger partial charge >= 0.3 is 0 Å². The van der Waals surface area contributed by atoms with Crippen LogP contribution in [-0.4, -0.2) is 29.4 Å². The number of aliphatic hydroxyl groups excluding tert-OH is 1. The monoisotopic (exact) mass is 160 g/mol. The molecule has 0 aliphatic rings. The fourth-order valence-electron chi connectivity index (χ4n) is 0.0796. The maximum atomic E-state index is 9.78. The highest BCUT2D eigenvalue weighted by atomic mass is 35.5. The minimum atomic E-state index is -4.33. The number of halogens is 1. The summed E-state index contributed by atoms with van der Waals surface area (Å²) in [6.45, 7) is 0. The lowest BCUT2D eigenvalue weighted by Gasteiger charge is -1.98. The standard InChI is InChI=1S/C2H5ClO4S/c3-1-2(4)8(5,6)7/h2,4H,1H2,(H,5,6,7). The van der Waals surface area contributed by atoms with Crippen molar-refractivity contribution in [2.45, 2.75) is 5.44 Å². The van der Waals surface area contributed by atoms with E-state index in [1.165, 1.54) is 0 Å². The maximum Gasteiger partial charge on any atom is 0.293 e. The van der Waals surface area contributed by atoms with Crippen LogP contribution in [0.4, 0.5) is 0 Å². The number of aliphatic hydroxyl groups is 1.